The minimum atomic E-state index is -0.597. The first kappa shape index (κ1) is 12.7. The van der Waals surface area contributed by atoms with Gasteiger partial charge in [0.1, 0.15) is 6.04 Å². The summed E-state index contributed by atoms with van der Waals surface area (Å²) < 4.78 is 0. The molecule has 0 saturated carbocycles. The third-order valence-electron chi connectivity index (χ3n) is 2.22. The first-order valence-electron chi connectivity index (χ1n) is 5.44. The standard InChI is InChI=1S/C13H20N2O/c1-9-5-7-10(8-6-9)11(14)12(16)15-13(2,3)4/h5-8,11H,14H2,1-4H3,(H,15,16). The molecule has 1 rings (SSSR count). The molecule has 1 unspecified atom stereocenters. The van der Waals surface area contributed by atoms with E-state index in [1.807, 2.05) is 52.0 Å². The lowest BCUT2D eigenvalue weighted by atomic mass is 10.0. The van der Waals surface area contributed by atoms with Gasteiger partial charge in [-0.3, -0.25) is 4.79 Å². The van der Waals surface area contributed by atoms with Crippen LogP contribution in [0.3, 0.4) is 0 Å². The summed E-state index contributed by atoms with van der Waals surface area (Å²) in [7, 11) is 0. The van der Waals surface area contributed by atoms with Gasteiger partial charge in [0.15, 0.2) is 0 Å². The fourth-order valence-corrected chi connectivity index (χ4v) is 1.37. The predicted octanol–water partition coefficient (Wildman–Crippen LogP) is 1.91. The molecule has 3 nitrogen and oxygen atoms in total. The van der Waals surface area contributed by atoms with Crippen LogP contribution >= 0.6 is 0 Å². The first-order chi connectivity index (χ1) is 7.29. The Morgan fingerprint density at radius 2 is 1.75 bits per heavy atom. The highest BCUT2D eigenvalue weighted by Gasteiger charge is 2.20. The zero-order chi connectivity index (χ0) is 12.3. The van der Waals surface area contributed by atoms with Crippen molar-refractivity contribution in [3.05, 3.63) is 35.4 Å². The summed E-state index contributed by atoms with van der Waals surface area (Å²) in [6.45, 7) is 7.82. The maximum absolute atomic E-state index is 11.8. The zero-order valence-electron chi connectivity index (χ0n) is 10.4. The molecule has 0 bridgehead atoms. The van der Waals surface area contributed by atoms with E-state index in [1.54, 1.807) is 0 Å². The van der Waals surface area contributed by atoms with E-state index in [9.17, 15) is 4.79 Å². The molecule has 0 fully saturated rings. The van der Waals surface area contributed by atoms with Gasteiger partial charge in [0.05, 0.1) is 0 Å². The lowest BCUT2D eigenvalue weighted by molar-refractivity contribution is -0.123. The molecule has 0 radical (unpaired) electrons. The molecule has 1 aromatic rings. The Bertz CT molecular complexity index is 363. The van der Waals surface area contributed by atoms with Gasteiger partial charge in [0, 0.05) is 5.54 Å². The number of hydrogen-bond donors (Lipinski definition) is 2. The van der Waals surface area contributed by atoms with Gasteiger partial charge in [0.2, 0.25) is 5.91 Å². The van der Waals surface area contributed by atoms with E-state index < -0.39 is 6.04 Å². The van der Waals surface area contributed by atoms with Crippen LogP contribution < -0.4 is 11.1 Å². The summed E-state index contributed by atoms with van der Waals surface area (Å²) in [6, 6.07) is 7.10. The molecule has 0 aliphatic rings. The zero-order valence-corrected chi connectivity index (χ0v) is 10.4. The van der Waals surface area contributed by atoms with Crippen molar-refractivity contribution in [2.75, 3.05) is 0 Å². The van der Waals surface area contributed by atoms with E-state index in [0.29, 0.717) is 0 Å². The fraction of sp³-hybridized carbons (Fsp3) is 0.462. The monoisotopic (exact) mass is 220 g/mol. The van der Waals surface area contributed by atoms with Crippen LogP contribution in [0.15, 0.2) is 24.3 Å². The Morgan fingerprint density at radius 1 is 1.25 bits per heavy atom. The first-order valence-corrected chi connectivity index (χ1v) is 5.44. The SMILES string of the molecule is Cc1ccc(C(N)C(=O)NC(C)(C)C)cc1. The summed E-state index contributed by atoms with van der Waals surface area (Å²) in [5.74, 6) is -0.142. The van der Waals surface area contributed by atoms with E-state index in [0.717, 1.165) is 11.1 Å². The van der Waals surface area contributed by atoms with Gasteiger partial charge in [0.25, 0.3) is 0 Å². The van der Waals surface area contributed by atoms with Crippen LogP contribution in [0.4, 0.5) is 0 Å². The van der Waals surface area contributed by atoms with E-state index in [-0.39, 0.29) is 11.4 Å². The Hall–Kier alpha value is -1.35. The summed E-state index contributed by atoms with van der Waals surface area (Å²) in [6.07, 6.45) is 0. The van der Waals surface area contributed by atoms with Crippen molar-refractivity contribution in [1.29, 1.82) is 0 Å². The van der Waals surface area contributed by atoms with E-state index in [4.69, 9.17) is 5.73 Å². The van der Waals surface area contributed by atoms with Crippen molar-refractivity contribution < 1.29 is 4.79 Å². The minimum absolute atomic E-state index is 0.142. The van der Waals surface area contributed by atoms with Gasteiger partial charge in [-0.2, -0.15) is 0 Å². The molecular formula is C13H20N2O. The number of benzene rings is 1. The third kappa shape index (κ3) is 3.66. The highest BCUT2D eigenvalue weighted by molar-refractivity contribution is 5.83. The van der Waals surface area contributed by atoms with Crippen LogP contribution in [0.2, 0.25) is 0 Å². The largest absolute Gasteiger partial charge is 0.350 e. The van der Waals surface area contributed by atoms with Crippen LogP contribution in [0.1, 0.15) is 37.9 Å². The Kier molecular flexibility index (Phi) is 3.70. The quantitative estimate of drug-likeness (QED) is 0.800. The van der Waals surface area contributed by atoms with Gasteiger partial charge < -0.3 is 11.1 Å². The molecule has 1 aromatic carbocycles. The Labute approximate surface area is 97.0 Å². The molecule has 1 atom stereocenters. The van der Waals surface area contributed by atoms with Crippen molar-refractivity contribution in [3.8, 4) is 0 Å². The number of carbonyl (C=O) groups excluding carboxylic acids is 1. The molecule has 1 amide bonds. The predicted molar refractivity (Wildman–Crippen MR) is 66.0 cm³/mol. The van der Waals surface area contributed by atoms with E-state index >= 15 is 0 Å². The molecule has 0 heterocycles. The average molecular weight is 220 g/mol. The number of rotatable bonds is 2. The number of aryl methyl sites for hydroxylation is 1. The molecule has 3 heteroatoms. The van der Waals surface area contributed by atoms with E-state index in [1.165, 1.54) is 0 Å². The Morgan fingerprint density at radius 3 is 2.19 bits per heavy atom. The molecule has 0 aliphatic heterocycles. The van der Waals surface area contributed by atoms with Gasteiger partial charge in [-0.1, -0.05) is 29.8 Å². The smallest absolute Gasteiger partial charge is 0.241 e. The number of amides is 1. The van der Waals surface area contributed by atoms with Crippen LogP contribution in [-0.4, -0.2) is 11.4 Å². The summed E-state index contributed by atoms with van der Waals surface area (Å²) in [4.78, 5) is 11.8. The maximum Gasteiger partial charge on any atom is 0.241 e. The third-order valence-corrected chi connectivity index (χ3v) is 2.22. The fourth-order valence-electron chi connectivity index (χ4n) is 1.37. The molecule has 0 aromatic heterocycles. The van der Waals surface area contributed by atoms with Gasteiger partial charge in [-0.05, 0) is 33.3 Å². The van der Waals surface area contributed by atoms with Gasteiger partial charge in [-0.25, -0.2) is 0 Å². The van der Waals surface area contributed by atoms with Crippen molar-refractivity contribution in [2.24, 2.45) is 5.73 Å². The van der Waals surface area contributed by atoms with Crippen molar-refractivity contribution in [3.63, 3.8) is 0 Å². The second kappa shape index (κ2) is 4.66. The number of carbonyl (C=O) groups is 1. The van der Waals surface area contributed by atoms with Gasteiger partial charge in [-0.15, -0.1) is 0 Å². The number of hydrogen-bond acceptors (Lipinski definition) is 2. The van der Waals surface area contributed by atoms with Crippen molar-refractivity contribution in [2.45, 2.75) is 39.3 Å². The second-order valence-electron chi connectivity index (χ2n) is 5.13. The molecule has 0 aliphatic carbocycles. The number of nitrogens with two attached hydrogens (primary N) is 1. The van der Waals surface area contributed by atoms with Crippen LogP contribution in [0.25, 0.3) is 0 Å². The average Bonchev–Trinajstić information content (AvgIpc) is 2.15. The molecule has 16 heavy (non-hydrogen) atoms. The van der Waals surface area contributed by atoms with Crippen LogP contribution in [0.5, 0.6) is 0 Å². The van der Waals surface area contributed by atoms with E-state index in [2.05, 4.69) is 5.32 Å². The second-order valence-corrected chi connectivity index (χ2v) is 5.13. The minimum Gasteiger partial charge on any atom is -0.350 e. The summed E-state index contributed by atoms with van der Waals surface area (Å²) >= 11 is 0. The topological polar surface area (TPSA) is 55.1 Å². The highest BCUT2D eigenvalue weighted by atomic mass is 16.2. The molecule has 0 saturated heterocycles. The van der Waals surface area contributed by atoms with Crippen LogP contribution in [0, 0.1) is 6.92 Å². The van der Waals surface area contributed by atoms with Crippen LogP contribution in [-0.2, 0) is 4.79 Å². The molecular weight excluding hydrogens is 200 g/mol. The molecule has 0 spiro atoms. The van der Waals surface area contributed by atoms with Crippen molar-refractivity contribution >= 4 is 5.91 Å². The summed E-state index contributed by atoms with van der Waals surface area (Å²) in [5.41, 5.74) is 7.63. The molecule has 88 valence electrons. The van der Waals surface area contributed by atoms with Gasteiger partial charge >= 0.3 is 0 Å². The number of nitrogens with one attached hydrogen (secondary N) is 1. The lowest BCUT2D eigenvalue weighted by Gasteiger charge is -2.23. The lowest BCUT2D eigenvalue weighted by Crippen LogP contribution is -2.45. The maximum atomic E-state index is 11.8. The highest BCUT2D eigenvalue weighted by Crippen LogP contribution is 2.12. The normalized spacial score (nSPS) is 13.3. The Balaban J connectivity index is 2.74. The van der Waals surface area contributed by atoms with Crippen molar-refractivity contribution in [1.82, 2.24) is 5.32 Å². The summed E-state index contributed by atoms with van der Waals surface area (Å²) in [5, 5.41) is 2.87. The molecule has 3 N–H and O–H groups in total.